The average molecular weight is 469 g/mol. The smallest absolute Gasteiger partial charge is 0.235 e. The highest BCUT2D eigenvalue weighted by Crippen LogP contribution is 2.43. The minimum atomic E-state index is -0.390. The van der Waals surface area contributed by atoms with Crippen LogP contribution in [0, 0.1) is 13.1 Å². The summed E-state index contributed by atoms with van der Waals surface area (Å²) in [4.78, 5) is 7.48. The van der Waals surface area contributed by atoms with Crippen LogP contribution in [0.25, 0.3) is 9.69 Å². The van der Waals surface area contributed by atoms with Crippen LogP contribution in [0.3, 0.4) is 0 Å². The van der Waals surface area contributed by atoms with Gasteiger partial charge >= 0.3 is 0 Å². The fourth-order valence-electron chi connectivity index (χ4n) is 5.28. The fourth-order valence-corrected chi connectivity index (χ4v) is 5.28. The van der Waals surface area contributed by atoms with Gasteiger partial charge in [0.2, 0.25) is 11.6 Å². The molecule has 0 amide bonds. The van der Waals surface area contributed by atoms with Crippen LogP contribution in [0.1, 0.15) is 63.4 Å². The van der Waals surface area contributed by atoms with Crippen molar-refractivity contribution in [1.82, 2.24) is 0 Å². The molecule has 0 aromatic heterocycles. The molecule has 7 heteroatoms. The van der Waals surface area contributed by atoms with E-state index in [0.29, 0.717) is 26.4 Å². The monoisotopic (exact) mass is 468 g/mol. The second-order valence-electron chi connectivity index (χ2n) is 9.70. The average Bonchev–Trinajstić information content (AvgIpc) is 3.55. The molecule has 2 saturated carbocycles. The molecule has 184 valence electrons. The van der Waals surface area contributed by atoms with Gasteiger partial charge in [-0.3, -0.25) is 0 Å². The minimum Gasteiger partial charge on any atom is -0.376 e. The summed E-state index contributed by atoms with van der Waals surface area (Å²) in [5, 5.41) is 0. The van der Waals surface area contributed by atoms with Gasteiger partial charge in [0.1, 0.15) is 0 Å². The van der Waals surface area contributed by atoms with Gasteiger partial charge in [-0.25, -0.2) is 13.1 Å². The predicted octanol–water partition coefficient (Wildman–Crippen LogP) is 5.16. The van der Waals surface area contributed by atoms with Crippen LogP contribution < -0.4 is 0 Å². The van der Waals surface area contributed by atoms with Gasteiger partial charge in [0.25, 0.3) is 0 Å². The van der Waals surface area contributed by atoms with Gasteiger partial charge in [-0.05, 0) is 5.56 Å². The van der Waals surface area contributed by atoms with E-state index in [1.165, 1.54) is 5.56 Å². The molecule has 2 heterocycles. The zero-order chi connectivity index (χ0) is 23.7. The third-order valence-electron chi connectivity index (χ3n) is 7.53. The van der Waals surface area contributed by atoms with Crippen molar-refractivity contribution in [3.63, 3.8) is 0 Å². The Morgan fingerprint density at radius 1 is 0.794 bits per heavy atom. The number of rotatable bonds is 5. The molecule has 34 heavy (non-hydrogen) atoms. The van der Waals surface area contributed by atoms with E-state index in [1.807, 2.05) is 18.2 Å². The zero-order valence-corrected chi connectivity index (χ0v) is 20.0. The number of nitrogens with zero attached hydrogens (tertiary/aromatic N) is 2. The normalized spacial score (nSPS) is 26.4. The van der Waals surface area contributed by atoms with E-state index in [4.69, 9.17) is 36.8 Å². The van der Waals surface area contributed by atoms with E-state index < -0.39 is 0 Å². The fraction of sp³-hybridized carbons (Fsp3) is 0.704. The van der Waals surface area contributed by atoms with Crippen LogP contribution in [-0.2, 0) is 30.3 Å². The topological polar surface area (TPSA) is 54.9 Å². The highest BCUT2D eigenvalue weighted by atomic mass is 16.7. The van der Waals surface area contributed by atoms with Crippen molar-refractivity contribution >= 4 is 0 Å². The Morgan fingerprint density at radius 2 is 1.35 bits per heavy atom. The number of hydrogen-bond acceptors (Lipinski definition) is 5. The maximum absolute atomic E-state index is 7.59. The Morgan fingerprint density at radius 3 is 1.88 bits per heavy atom. The largest absolute Gasteiger partial charge is 0.376 e. The molecule has 1 aromatic carbocycles. The molecule has 0 N–H and O–H groups in total. The van der Waals surface area contributed by atoms with Gasteiger partial charge < -0.3 is 33.4 Å². The second-order valence-corrected chi connectivity index (χ2v) is 9.70. The lowest BCUT2D eigenvalue weighted by atomic mass is 9.77. The van der Waals surface area contributed by atoms with E-state index in [1.54, 1.807) is 0 Å². The third kappa shape index (κ3) is 6.36. The molecule has 4 fully saturated rings. The van der Waals surface area contributed by atoms with Crippen LogP contribution >= 0.6 is 0 Å². The summed E-state index contributed by atoms with van der Waals surface area (Å²) in [5.74, 6) is -0.680. The van der Waals surface area contributed by atoms with Gasteiger partial charge in [-0.2, -0.15) is 0 Å². The molecule has 0 bridgehead atoms. The number of hydrogen-bond donors (Lipinski definition) is 0. The predicted molar refractivity (Wildman–Crippen MR) is 127 cm³/mol. The summed E-state index contributed by atoms with van der Waals surface area (Å²) >= 11 is 0. The van der Waals surface area contributed by atoms with Crippen molar-refractivity contribution in [1.29, 1.82) is 0 Å². The molecular weight excluding hydrogens is 432 g/mol. The molecule has 7 nitrogen and oxygen atoms in total. The number of ether oxygens (including phenoxy) is 5. The van der Waals surface area contributed by atoms with Gasteiger partial charge in [-0.15, -0.1) is 0 Å². The molecule has 0 radical (unpaired) electrons. The standard InChI is InChI=1S/C18H23NO3.C9H13NO2/c1-19-17(7-9-18(10-8-17)21-13-14-22-18)11-12-20-15-16-5-3-2-4-6-16;1-10-8-2-4-9(5-3-8)11-6-7-12-9/h2-6H,7-15H2;8H,2-7H2. The molecule has 2 spiro atoms. The van der Waals surface area contributed by atoms with E-state index >= 15 is 0 Å². The Hall–Kier alpha value is -2.00. The maximum Gasteiger partial charge on any atom is 0.235 e. The van der Waals surface area contributed by atoms with Gasteiger partial charge in [0, 0.05) is 57.8 Å². The van der Waals surface area contributed by atoms with E-state index in [9.17, 15) is 0 Å². The number of benzene rings is 1. The molecule has 4 aliphatic rings. The zero-order valence-electron chi connectivity index (χ0n) is 20.0. The summed E-state index contributed by atoms with van der Waals surface area (Å²) in [5.41, 5.74) is 0.881. The van der Waals surface area contributed by atoms with Crippen molar-refractivity contribution in [2.24, 2.45) is 0 Å². The highest BCUT2D eigenvalue weighted by Gasteiger charge is 2.49. The lowest BCUT2D eigenvalue weighted by Gasteiger charge is -2.36. The highest BCUT2D eigenvalue weighted by molar-refractivity contribution is 5.13. The Kier molecular flexibility index (Phi) is 8.58. The molecule has 0 atom stereocenters. The molecule has 5 rings (SSSR count). The Bertz CT molecular complexity index is 830. The molecule has 2 saturated heterocycles. The quantitative estimate of drug-likeness (QED) is 0.441. The van der Waals surface area contributed by atoms with Crippen LogP contribution in [0.4, 0.5) is 0 Å². The summed E-state index contributed by atoms with van der Waals surface area (Å²) in [7, 11) is 0. The van der Waals surface area contributed by atoms with Crippen LogP contribution in [0.5, 0.6) is 0 Å². The first-order valence-electron chi connectivity index (χ1n) is 12.5. The minimum absolute atomic E-state index is 0.212. The molecule has 2 aliphatic carbocycles. The second kappa shape index (κ2) is 11.6. The lowest BCUT2D eigenvalue weighted by Crippen LogP contribution is -2.42. The SMILES string of the molecule is [C-]#[N+]C1(CCOCc2ccccc2)CCC2(CC1)OCCO2.[C-]#[N+]C1CCC2(CC1)OCCO2. The lowest BCUT2D eigenvalue weighted by molar-refractivity contribution is -0.183. The Balaban J connectivity index is 0.000000192. The summed E-state index contributed by atoms with van der Waals surface area (Å²) in [6.45, 7) is 18.6. The van der Waals surface area contributed by atoms with Crippen molar-refractivity contribution in [2.75, 3.05) is 33.0 Å². The van der Waals surface area contributed by atoms with E-state index in [2.05, 4.69) is 21.8 Å². The molecular formula is C27H36N2O5. The van der Waals surface area contributed by atoms with Gasteiger partial charge in [0.05, 0.1) is 39.6 Å². The summed E-state index contributed by atoms with van der Waals surface area (Å²) in [6.07, 6.45) is 7.80. The van der Waals surface area contributed by atoms with Crippen LogP contribution in [-0.4, -0.2) is 56.2 Å². The third-order valence-corrected chi connectivity index (χ3v) is 7.53. The molecule has 0 unspecified atom stereocenters. The van der Waals surface area contributed by atoms with Crippen molar-refractivity contribution in [3.8, 4) is 0 Å². The maximum atomic E-state index is 7.59. The van der Waals surface area contributed by atoms with Crippen LogP contribution in [0.15, 0.2) is 30.3 Å². The van der Waals surface area contributed by atoms with Crippen molar-refractivity contribution in [3.05, 3.63) is 58.7 Å². The van der Waals surface area contributed by atoms with Crippen molar-refractivity contribution < 1.29 is 23.7 Å². The van der Waals surface area contributed by atoms with E-state index in [0.717, 1.165) is 71.0 Å². The van der Waals surface area contributed by atoms with E-state index in [-0.39, 0.29) is 23.2 Å². The van der Waals surface area contributed by atoms with Gasteiger partial charge in [-0.1, -0.05) is 30.3 Å². The molecule has 2 aliphatic heterocycles. The van der Waals surface area contributed by atoms with Crippen molar-refractivity contribution in [2.45, 2.75) is 87.5 Å². The first-order valence-corrected chi connectivity index (χ1v) is 12.5. The summed E-state index contributed by atoms with van der Waals surface area (Å²) in [6, 6.07) is 10.4. The molecule has 1 aromatic rings. The first-order chi connectivity index (χ1) is 16.6. The first kappa shape index (κ1) is 25.1. The van der Waals surface area contributed by atoms with Crippen LogP contribution in [0.2, 0.25) is 0 Å². The Labute approximate surface area is 203 Å². The summed E-state index contributed by atoms with van der Waals surface area (Å²) < 4.78 is 28.4. The van der Waals surface area contributed by atoms with Gasteiger partial charge in [0.15, 0.2) is 11.6 Å².